The minimum Gasteiger partial charge on any atom is -0.478 e. The Balaban J connectivity index is 1.76. The Morgan fingerprint density at radius 1 is 1.30 bits per heavy atom. The molecule has 1 aliphatic heterocycles. The minimum absolute atomic E-state index is 0.570. The third-order valence-electron chi connectivity index (χ3n) is 3.41. The number of hydrogen-bond donors (Lipinski definition) is 1. The lowest BCUT2D eigenvalue weighted by Crippen LogP contribution is -2.29. The van der Waals surface area contributed by atoms with Crippen LogP contribution in [0.1, 0.15) is 31.4 Å². The molecule has 0 radical (unpaired) electrons. The zero-order valence-corrected chi connectivity index (χ0v) is 11.9. The third-order valence-corrected chi connectivity index (χ3v) is 3.41. The fraction of sp³-hybridized carbons (Fsp3) is 0.600. The monoisotopic (exact) mass is 277 g/mol. The third kappa shape index (κ3) is 5.17. The Morgan fingerprint density at radius 2 is 2.15 bits per heavy atom. The number of piperidine rings is 1. The summed E-state index contributed by atoms with van der Waals surface area (Å²) >= 11 is 0. The number of hydrogen-bond acceptors (Lipinski definition) is 4. The van der Waals surface area contributed by atoms with Crippen LogP contribution in [-0.4, -0.2) is 42.5 Å². The van der Waals surface area contributed by atoms with Gasteiger partial charge in [0.1, 0.15) is 0 Å². The predicted molar refractivity (Wildman–Crippen MR) is 77.5 cm³/mol. The fourth-order valence-electron chi connectivity index (χ4n) is 2.38. The first-order chi connectivity index (χ1) is 9.88. The zero-order valence-electron chi connectivity index (χ0n) is 11.9. The van der Waals surface area contributed by atoms with E-state index in [0.717, 1.165) is 18.7 Å². The molecule has 1 saturated heterocycles. The summed E-state index contributed by atoms with van der Waals surface area (Å²) in [6.45, 7) is 4.45. The van der Waals surface area contributed by atoms with Crippen molar-refractivity contribution in [3.05, 3.63) is 23.9 Å². The average molecular weight is 277 g/mol. The molecule has 1 aliphatic rings. The van der Waals surface area contributed by atoms with E-state index < -0.39 is 0 Å². The van der Waals surface area contributed by atoms with E-state index in [2.05, 4.69) is 21.3 Å². The number of nitrogens with one attached hydrogen (secondary N) is 1. The molecule has 1 aromatic heterocycles. The zero-order chi connectivity index (χ0) is 14.0. The number of rotatable bonds is 8. The van der Waals surface area contributed by atoms with Gasteiger partial charge in [-0.1, -0.05) is 12.5 Å². The Morgan fingerprint density at radius 3 is 2.95 bits per heavy atom. The van der Waals surface area contributed by atoms with Crippen LogP contribution in [0.25, 0.3) is 0 Å². The van der Waals surface area contributed by atoms with Crippen molar-refractivity contribution in [2.24, 2.45) is 0 Å². The minimum atomic E-state index is 0.570. The molecule has 2 rings (SSSR count). The summed E-state index contributed by atoms with van der Waals surface area (Å²) in [6, 6.07) is 5.92. The van der Waals surface area contributed by atoms with Gasteiger partial charge in [0.25, 0.3) is 0 Å². The molecule has 20 heavy (non-hydrogen) atoms. The molecule has 1 N–H and O–H groups in total. The van der Waals surface area contributed by atoms with Crippen LogP contribution >= 0.6 is 0 Å². The summed E-state index contributed by atoms with van der Waals surface area (Å²) in [4.78, 5) is 17.1. The van der Waals surface area contributed by atoms with Crippen molar-refractivity contribution >= 4 is 6.41 Å². The van der Waals surface area contributed by atoms with Gasteiger partial charge in [-0.15, -0.1) is 0 Å². The lowest BCUT2D eigenvalue weighted by molar-refractivity contribution is -0.109. The summed E-state index contributed by atoms with van der Waals surface area (Å²) in [7, 11) is 0. The molecule has 2 heterocycles. The SMILES string of the molecule is O=CNCCCOc1cccc(CN2CCCCC2)n1. The highest BCUT2D eigenvalue weighted by Crippen LogP contribution is 2.14. The topological polar surface area (TPSA) is 54.5 Å². The van der Waals surface area contributed by atoms with E-state index in [1.54, 1.807) is 0 Å². The standard InChI is InChI=1S/C15H23N3O2/c19-13-16-8-5-11-20-15-7-4-6-14(17-15)12-18-9-2-1-3-10-18/h4,6-7,13H,1-3,5,8-12H2,(H,16,19). The van der Waals surface area contributed by atoms with Crippen LogP contribution < -0.4 is 10.1 Å². The first-order valence-electron chi connectivity index (χ1n) is 7.36. The van der Waals surface area contributed by atoms with Gasteiger partial charge in [0.05, 0.1) is 12.3 Å². The molecule has 0 saturated carbocycles. The van der Waals surface area contributed by atoms with Gasteiger partial charge in [0.15, 0.2) is 0 Å². The van der Waals surface area contributed by atoms with Gasteiger partial charge in [-0.2, -0.15) is 0 Å². The molecule has 1 aromatic rings. The van der Waals surface area contributed by atoms with Gasteiger partial charge >= 0.3 is 0 Å². The van der Waals surface area contributed by atoms with Crippen LogP contribution in [0.5, 0.6) is 5.88 Å². The maximum atomic E-state index is 10.1. The van der Waals surface area contributed by atoms with Gasteiger partial charge < -0.3 is 10.1 Å². The van der Waals surface area contributed by atoms with Crippen molar-refractivity contribution < 1.29 is 9.53 Å². The molecule has 0 bridgehead atoms. The second-order valence-corrected chi connectivity index (χ2v) is 5.08. The molecule has 0 spiro atoms. The van der Waals surface area contributed by atoms with Gasteiger partial charge in [0, 0.05) is 19.2 Å². The smallest absolute Gasteiger partial charge is 0.213 e. The molecule has 0 aliphatic carbocycles. The maximum Gasteiger partial charge on any atom is 0.213 e. The molecular formula is C15H23N3O2. The van der Waals surface area contributed by atoms with Crippen molar-refractivity contribution in [3.8, 4) is 5.88 Å². The van der Waals surface area contributed by atoms with Crippen LogP contribution in [0.4, 0.5) is 0 Å². The summed E-state index contributed by atoms with van der Waals surface area (Å²) in [5.74, 6) is 0.672. The number of carbonyl (C=O) groups is 1. The number of ether oxygens (including phenoxy) is 1. The average Bonchev–Trinajstić information content (AvgIpc) is 2.48. The Hall–Kier alpha value is -1.62. The second-order valence-electron chi connectivity index (χ2n) is 5.08. The van der Waals surface area contributed by atoms with E-state index in [0.29, 0.717) is 25.4 Å². The van der Waals surface area contributed by atoms with Crippen LogP contribution in [0.15, 0.2) is 18.2 Å². The van der Waals surface area contributed by atoms with E-state index >= 15 is 0 Å². The van der Waals surface area contributed by atoms with Crippen LogP contribution in [0, 0.1) is 0 Å². The van der Waals surface area contributed by atoms with E-state index in [-0.39, 0.29) is 0 Å². The number of amides is 1. The van der Waals surface area contributed by atoms with Crippen molar-refractivity contribution in [1.82, 2.24) is 15.2 Å². The highest BCUT2D eigenvalue weighted by molar-refractivity contribution is 5.45. The van der Waals surface area contributed by atoms with Crippen molar-refractivity contribution in [1.29, 1.82) is 0 Å². The van der Waals surface area contributed by atoms with E-state index in [1.807, 2.05) is 12.1 Å². The molecule has 0 atom stereocenters. The Labute approximate surface area is 120 Å². The van der Waals surface area contributed by atoms with E-state index in [4.69, 9.17) is 4.74 Å². The molecule has 0 aromatic carbocycles. The lowest BCUT2D eigenvalue weighted by atomic mass is 10.1. The molecule has 1 fully saturated rings. The van der Waals surface area contributed by atoms with Crippen molar-refractivity contribution in [2.45, 2.75) is 32.2 Å². The fourth-order valence-corrected chi connectivity index (χ4v) is 2.38. The Kier molecular flexibility index (Phi) is 6.31. The van der Waals surface area contributed by atoms with E-state index in [9.17, 15) is 4.79 Å². The second kappa shape index (κ2) is 8.53. The number of nitrogens with zero attached hydrogens (tertiary/aromatic N) is 2. The number of aromatic nitrogens is 1. The van der Waals surface area contributed by atoms with Gasteiger partial charge in [-0.05, 0) is 38.4 Å². The van der Waals surface area contributed by atoms with E-state index in [1.165, 1.54) is 32.4 Å². The first kappa shape index (κ1) is 14.8. The first-order valence-corrected chi connectivity index (χ1v) is 7.36. The number of likely N-dealkylation sites (tertiary alicyclic amines) is 1. The predicted octanol–water partition coefficient (Wildman–Crippen LogP) is 1.58. The van der Waals surface area contributed by atoms with Crippen LogP contribution in [0.3, 0.4) is 0 Å². The van der Waals surface area contributed by atoms with Crippen LogP contribution in [-0.2, 0) is 11.3 Å². The van der Waals surface area contributed by atoms with Gasteiger partial charge in [0.2, 0.25) is 12.3 Å². The highest BCUT2D eigenvalue weighted by atomic mass is 16.5. The highest BCUT2D eigenvalue weighted by Gasteiger charge is 2.11. The summed E-state index contributed by atoms with van der Waals surface area (Å²) < 4.78 is 5.60. The largest absolute Gasteiger partial charge is 0.478 e. The molecule has 0 unspecified atom stereocenters. The van der Waals surface area contributed by atoms with Crippen molar-refractivity contribution in [3.63, 3.8) is 0 Å². The maximum absolute atomic E-state index is 10.1. The molecule has 5 heteroatoms. The molecule has 110 valence electrons. The summed E-state index contributed by atoms with van der Waals surface area (Å²) in [6.07, 6.45) is 5.43. The molecule has 1 amide bonds. The summed E-state index contributed by atoms with van der Waals surface area (Å²) in [5.41, 5.74) is 1.07. The number of pyridine rings is 1. The molecular weight excluding hydrogens is 254 g/mol. The van der Waals surface area contributed by atoms with Crippen molar-refractivity contribution in [2.75, 3.05) is 26.2 Å². The van der Waals surface area contributed by atoms with Crippen LogP contribution in [0.2, 0.25) is 0 Å². The summed E-state index contributed by atoms with van der Waals surface area (Å²) in [5, 5.41) is 2.61. The molecule has 5 nitrogen and oxygen atoms in total. The number of carbonyl (C=O) groups excluding carboxylic acids is 1. The Bertz CT molecular complexity index is 406. The quantitative estimate of drug-likeness (QED) is 0.579. The lowest BCUT2D eigenvalue weighted by Gasteiger charge is -2.25. The van der Waals surface area contributed by atoms with Gasteiger partial charge in [-0.25, -0.2) is 4.98 Å². The van der Waals surface area contributed by atoms with Gasteiger partial charge in [-0.3, -0.25) is 9.69 Å². The normalized spacial score (nSPS) is 15.8.